The summed E-state index contributed by atoms with van der Waals surface area (Å²) in [6.45, 7) is 2.11. The summed E-state index contributed by atoms with van der Waals surface area (Å²) in [5.74, 6) is 1.09. The Kier molecular flexibility index (Phi) is 4.78. The number of hydrogen-bond acceptors (Lipinski definition) is 5. The number of aryl methyl sites for hydroxylation is 2. The number of amides is 1. The largest absolute Gasteiger partial charge is 0.487 e. The maximum absolute atomic E-state index is 11.7. The molecule has 0 spiro atoms. The normalized spacial score (nSPS) is 11.2. The standard InChI is InChI=1S/C25H21N5O2/c1-15-29-21-11-16(7-8-23(21)30(15)2)17-12-20-18(5-3-9-27-20)24(13-17)32-14-22-19(25(26)31)6-4-10-28-22/h3-13H,14H2,1-2H3,(H2,26,31). The molecule has 5 rings (SSSR count). The van der Waals surface area contributed by atoms with Crippen molar-refractivity contribution in [3.8, 4) is 16.9 Å². The lowest BCUT2D eigenvalue weighted by atomic mass is 10.0. The Balaban J connectivity index is 1.57. The minimum Gasteiger partial charge on any atom is -0.487 e. The van der Waals surface area contributed by atoms with E-state index in [1.165, 1.54) is 0 Å². The predicted octanol–water partition coefficient (Wildman–Crippen LogP) is 4.17. The molecule has 0 aliphatic heterocycles. The minimum atomic E-state index is -0.532. The van der Waals surface area contributed by atoms with Crippen LogP contribution >= 0.6 is 0 Å². The van der Waals surface area contributed by atoms with Gasteiger partial charge in [0.05, 0.1) is 27.8 Å². The molecule has 3 heterocycles. The van der Waals surface area contributed by atoms with Gasteiger partial charge in [-0.3, -0.25) is 14.8 Å². The van der Waals surface area contributed by atoms with E-state index in [-0.39, 0.29) is 6.61 Å². The smallest absolute Gasteiger partial charge is 0.250 e. The summed E-state index contributed by atoms with van der Waals surface area (Å²) in [7, 11) is 2.01. The van der Waals surface area contributed by atoms with Gasteiger partial charge in [0, 0.05) is 24.8 Å². The average molecular weight is 423 g/mol. The van der Waals surface area contributed by atoms with E-state index in [2.05, 4.69) is 37.7 Å². The fraction of sp³-hybridized carbons (Fsp3) is 0.120. The van der Waals surface area contributed by atoms with Crippen LogP contribution in [-0.2, 0) is 13.7 Å². The molecule has 0 atom stereocenters. The number of fused-ring (bicyclic) bond motifs is 2. The highest BCUT2D eigenvalue weighted by Gasteiger charge is 2.13. The summed E-state index contributed by atoms with van der Waals surface area (Å²) in [5.41, 5.74) is 11.1. The molecule has 7 nitrogen and oxygen atoms in total. The molecule has 3 aromatic heterocycles. The van der Waals surface area contributed by atoms with Crippen molar-refractivity contribution in [2.24, 2.45) is 12.8 Å². The molecular formula is C25H21N5O2. The highest BCUT2D eigenvalue weighted by atomic mass is 16.5. The molecule has 0 saturated heterocycles. The van der Waals surface area contributed by atoms with Crippen LogP contribution < -0.4 is 10.5 Å². The first-order valence-electron chi connectivity index (χ1n) is 10.2. The van der Waals surface area contributed by atoms with Crippen LogP contribution in [0.15, 0.2) is 67.0 Å². The van der Waals surface area contributed by atoms with Gasteiger partial charge in [-0.2, -0.15) is 0 Å². The van der Waals surface area contributed by atoms with E-state index >= 15 is 0 Å². The first kappa shape index (κ1) is 19.7. The Bertz CT molecular complexity index is 1490. The van der Waals surface area contributed by atoms with Crippen molar-refractivity contribution in [2.75, 3.05) is 0 Å². The molecule has 32 heavy (non-hydrogen) atoms. The van der Waals surface area contributed by atoms with Gasteiger partial charge in [0.2, 0.25) is 0 Å². The number of nitrogens with zero attached hydrogens (tertiary/aromatic N) is 4. The molecule has 2 N–H and O–H groups in total. The minimum absolute atomic E-state index is 0.116. The third-order valence-corrected chi connectivity index (χ3v) is 5.64. The molecule has 0 saturated carbocycles. The van der Waals surface area contributed by atoms with E-state index < -0.39 is 5.91 Å². The van der Waals surface area contributed by atoms with Crippen LogP contribution in [0.3, 0.4) is 0 Å². The fourth-order valence-electron chi connectivity index (χ4n) is 3.86. The second kappa shape index (κ2) is 7.77. The average Bonchev–Trinajstić information content (AvgIpc) is 3.10. The zero-order valence-corrected chi connectivity index (χ0v) is 17.7. The summed E-state index contributed by atoms with van der Waals surface area (Å²) in [6.07, 6.45) is 3.37. The van der Waals surface area contributed by atoms with Gasteiger partial charge in [0.1, 0.15) is 18.2 Å². The number of imidazole rings is 1. The van der Waals surface area contributed by atoms with Crippen LogP contribution in [0, 0.1) is 6.92 Å². The third kappa shape index (κ3) is 3.43. The third-order valence-electron chi connectivity index (χ3n) is 5.64. The second-order valence-corrected chi connectivity index (χ2v) is 7.62. The molecule has 0 fully saturated rings. The number of carbonyl (C=O) groups excluding carboxylic acids is 1. The second-order valence-electron chi connectivity index (χ2n) is 7.62. The van der Waals surface area contributed by atoms with Gasteiger partial charge in [0.25, 0.3) is 5.91 Å². The van der Waals surface area contributed by atoms with E-state index in [0.717, 1.165) is 38.9 Å². The SMILES string of the molecule is Cc1nc2cc(-c3cc(OCc4ncccc4C(N)=O)c4cccnc4c3)ccc2n1C. The predicted molar refractivity (Wildman–Crippen MR) is 123 cm³/mol. The van der Waals surface area contributed by atoms with Crippen molar-refractivity contribution in [3.63, 3.8) is 0 Å². The van der Waals surface area contributed by atoms with Gasteiger partial charge < -0.3 is 15.0 Å². The number of pyridine rings is 2. The van der Waals surface area contributed by atoms with Crippen molar-refractivity contribution >= 4 is 27.8 Å². The zero-order chi connectivity index (χ0) is 22.2. The van der Waals surface area contributed by atoms with Crippen LogP contribution in [-0.4, -0.2) is 25.4 Å². The lowest BCUT2D eigenvalue weighted by molar-refractivity contribution is 0.0997. The van der Waals surface area contributed by atoms with Gasteiger partial charge in [-0.15, -0.1) is 0 Å². The Morgan fingerprint density at radius 2 is 1.78 bits per heavy atom. The summed E-state index contributed by atoms with van der Waals surface area (Å²) < 4.78 is 8.21. The molecular weight excluding hydrogens is 402 g/mol. The van der Waals surface area contributed by atoms with Gasteiger partial charge in [0.15, 0.2) is 0 Å². The maximum Gasteiger partial charge on any atom is 0.250 e. The van der Waals surface area contributed by atoms with Gasteiger partial charge >= 0.3 is 0 Å². The number of carbonyl (C=O) groups is 1. The molecule has 158 valence electrons. The van der Waals surface area contributed by atoms with Crippen molar-refractivity contribution < 1.29 is 9.53 Å². The van der Waals surface area contributed by atoms with E-state index in [0.29, 0.717) is 17.0 Å². The lowest BCUT2D eigenvalue weighted by Gasteiger charge is -2.13. The monoisotopic (exact) mass is 423 g/mol. The number of nitrogens with two attached hydrogens (primary N) is 1. The van der Waals surface area contributed by atoms with Gasteiger partial charge in [-0.25, -0.2) is 4.98 Å². The Morgan fingerprint density at radius 3 is 2.62 bits per heavy atom. The summed E-state index contributed by atoms with van der Waals surface area (Å²) in [4.78, 5) is 25.2. The fourth-order valence-corrected chi connectivity index (χ4v) is 3.86. The molecule has 0 aliphatic carbocycles. The van der Waals surface area contributed by atoms with Crippen molar-refractivity contribution in [1.29, 1.82) is 0 Å². The quantitative estimate of drug-likeness (QED) is 0.458. The number of benzene rings is 2. The first-order valence-corrected chi connectivity index (χ1v) is 10.2. The maximum atomic E-state index is 11.7. The molecule has 5 aromatic rings. The number of ether oxygens (including phenoxy) is 1. The van der Waals surface area contributed by atoms with Crippen molar-refractivity contribution in [3.05, 3.63) is 84.1 Å². The van der Waals surface area contributed by atoms with E-state index in [9.17, 15) is 4.79 Å². The highest BCUT2D eigenvalue weighted by molar-refractivity contribution is 5.94. The van der Waals surface area contributed by atoms with Crippen LogP contribution in [0.1, 0.15) is 21.9 Å². The van der Waals surface area contributed by atoms with E-state index in [4.69, 9.17) is 10.5 Å². The zero-order valence-electron chi connectivity index (χ0n) is 17.7. The Labute approximate surface area is 184 Å². The molecule has 0 unspecified atom stereocenters. The highest BCUT2D eigenvalue weighted by Crippen LogP contribution is 2.33. The topological polar surface area (TPSA) is 95.9 Å². The first-order chi connectivity index (χ1) is 15.5. The van der Waals surface area contributed by atoms with E-state index in [1.54, 1.807) is 24.5 Å². The molecule has 0 radical (unpaired) electrons. The summed E-state index contributed by atoms with van der Waals surface area (Å²) >= 11 is 0. The Hall–Kier alpha value is -4.26. The van der Waals surface area contributed by atoms with Crippen molar-refractivity contribution in [1.82, 2.24) is 19.5 Å². The summed E-state index contributed by atoms with van der Waals surface area (Å²) in [5, 5.41) is 0.877. The molecule has 0 bridgehead atoms. The molecule has 7 heteroatoms. The molecule has 1 amide bonds. The lowest BCUT2D eigenvalue weighted by Crippen LogP contribution is -2.15. The van der Waals surface area contributed by atoms with Gasteiger partial charge in [-0.05, 0) is 66.6 Å². The van der Waals surface area contributed by atoms with Crippen LogP contribution in [0.5, 0.6) is 5.75 Å². The van der Waals surface area contributed by atoms with E-state index in [1.807, 2.05) is 38.2 Å². The van der Waals surface area contributed by atoms with Crippen molar-refractivity contribution in [2.45, 2.75) is 13.5 Å². The molecule has 2 aromatic carbocycles. The number of aromatic nitrogens is 4. The number of rotatable bonds is 5. The Morgan fingerprint density at radius 1 is 1.00 bits per heavy atom. The van der Waals surface area contributed by atoms with Gasteiger partial charge in [-0.1, -0.05) is 6.07 Å². The number of hydrogen-bond donors (Lipinski definition) is 1. The number of primary amides is 1. The molecule has 0 aliphatic rings. The van der Waals surface area contributed by atoms with Crippen LogP contribution in [0.25, 0.3) is 33.1 Å². The summed E-state index contributed by atoms with van der Waals surface area (Å²) in [6, 6.07) is 17.4. The van der Waals surface area contributed by atoms with Crippen LogP contribution in [0.2, 0.25) is 0 Å². The van der Waals surface area contributed by atoms with Crippen LogP contribution in [0.4, 0.5) is 0 Å².